The van der Waals surface area contributed by atoms with Crippen LogP contribution in [0.2, 0.25) is 0 Å². The van der Waals surface area contributed by atoms with Crippen molar-refractivity contribution in [3.8, 4) is 0 Å². The van der Waals surface area contributed by atoms with Gasteiger partial charge >= 0.3 is 0 Å². The van der Waals surface area contributed by atoms with Crippen LogP contribution in [-0.4, -0.2) is 45.0 Å². The predicted molar refractivity (Wildman–Crippen MR) is 118 cm³/mol. The molecule has 1 aromatic carbocycles. The molecule has 0 saturated carbocycles. The van der Waals surface area contributed by atoms with E-state index < -0.39 is 17.5 Å². The summed E-state index contributed by atoms with van der Waals surface area (Å²) in [6, 6.07) is 4.62. The number of hydrogen-bond donors (Lipinski definition) is 0. The number of carbonyl (C=O) groups excluding carboxylic acids is 1. The maximum atomic E-state index is 14.9. The van der Waals surface area contributed by atoms with E-state index >= 15 is 0 Å². The minimum absolute atomic E-state index is 0.0165. The Hall–Kier alpha value is -1.48. The Morgan fingerprint density at radius 2 is 2.20 bits per heavy atom. The largest absolute Gasteiger partial charge is 0.441 e. The van der Waals surface area contributed by atoms with Gasteiger partial charge in [-0.1, -0.05) is 26.8 Å². The van der Waals surface area contributed by atoms with Crippen molar-refractivity contribution < 1.29 is 18.3 Å². The molecule has 1 amide bonds. The predicted octanol–water partition coefficient (Wildman–Crippen LogP) is 5.31. The second-order valence-corrected chi connectivity index (χ2v) is 10.0. The SMILES string of the molecule is CCOCN1SC(=NC(=O)C(F)c2ccc3oc(CC(C)(C)C)nc3c2)C(Cl)C1C. The molecule has 1 aliphatic rings. The number of benzene rings is 1. The topological polar surface area (TPSA) is 67.9 Å². The van der Waals surface area contributed by atoms with Crippen LogP contribution < -0.4 is 0 Å². The Morgan fingerprint density at radius 3 is 2.87 bits per heavy atom. The van der Waals surface area contributed by atoms with E-state index in [-0.39, 0.29) is 17.0 Å². The average molecular weight is 456 g/mol. The zero-order valence-corrected chi connectivity index (χ0v) is 19.4. The molecule has 0 bridgehead atoms. The van der Waals surface area contributed by atoms with Gasteiger partial charge < -0.3 is 9.15 Å². The number of fused-ring (bicyclic) bond motifs is 1. The lowest BCUT2D eigenvalue weighted by Gasteiger charge is -2.18. The quantitative estimate of drug-likeness (QED) is 0.434. The highest BCUT2D eigenvalue weighted by atomic mass is 35.5. The summed E-state index contributed by atoms with van der Waals surface area (Å²) in [6.45, 7) is 11.0. The molecule has 0 N–H and O–H groups in total. The summed E-state index contributed by atoms with van der Waals surface area (Å²) in [5.74, 6) is -0.293. The van der Waals surface area contributed by atoms with Gasteiger partial charge in [-0.15, -0.1) is 11.6 Å². The second-order valence-electron chi connectivity index (χ2n) is 8.50. The average Bonchev–Trinajstić information content (AvgIpc) is 3.18. The zero-order chi connectivity index (χ0) is 22.1. The molecule has 2 aromatic rings. The van der Waals surface area contributed by atoms with Crippen LogP contribution in [-0.2, 0) is 16.0 Å². The number of ether oxygens (including phenoxy) is 1. The Labute approximate surface area is 185 Å². The molecule has 6 nitrogen and oxygen atoms in total. The number of hydrogen-bond acceptors (Lipinski definition) is 6. The van der Waals surface area contributed by atoms with Crippen LogP contribution in [0.25, 0.3) is 11.1 Å². The number of nitrogens with zero attached hydrogens (tertiary/aromatic N) is 3. The maximum Gasteiger partial charge on any atom is 0.285 e. The molecule has 3 rings (SSSR count). The van der Waals surface area contributed by atoms with Crippen molar-refractivity contribution >= 4 is 45.6 Å². The highest BCUT2D eigenvalue weighted by molar-refractivity contribution is 8.12. The number of amides is 1. The summed E-state index contributed by atoms with van der Waals surface area (Å²) >= 11 is 7.62. The molecule has 1 aromatic heterocycles. The van der Waals surface area contributed by atoms with Gasteiger partial charge in [0, 0.05) is 19.1 Å². The van der Waals surface area contributed by atoms with E-state index in [1.807, 2.05) is 18.2 Å². The number of aliphatic imine (C=N–C) groups is 1. The van der Waals surface area contributed by atoms with E-state index in [9.17, 15) is 9.18 Å². The number of carbonyl (C=O) groups is 1. The fourth-order valence-electron chi connectivity index (χ4n) is 3.00. The molecule has 0 radical (unpaired) electrons. The zero-order valence-electron chi connectivity index (χ0n) is 17.8. The maximum absolute atomic E-state index is 14.9. The molecule has 9 heteroatoms. The third-order valence-corrected chi connectivity index (χ3v) is 6.52. The van der Waals surface area contributed by atoms with Gasteiger partial charge in [-0.3, -0.25) is 4.79 Å². The van der Waals surface area contributed by atoms with Gasteiger partial charge in [-0.2, -0.15) is 0 Å². The Balaban J connectivity index is 1.75. The van der Waals surface area contributed by atoms with Gasteiger partial charge in [0.15, 0.2) is 11.5 Å². The van der Waals surface area contributed by atoms with E-state index in [0.29, 0.717) is 41.8 Å². The van der Waals surface area contributed by atoms with Gasteiger partial charge in [0.05, 0.1) is 5.38 Å². The molecule has 1 fully saturated rings. The van der Waals surface area contributed by atoms with Crippen LogP contribution in [0.3, 0.4) is 0 Å². The smallest absolute Gasteiger partial charge is 0.285 e. The van der Waals surface area contributed by atoms with Crippen molar-refractivity contribution in [3.63, 3.8) is 0 Å². The molecule has 3 atom stereocenters. The van der Waals surface area contributed by atoms with Crippen molar-refractivity contribution in [2.75, 3.05) is 13.3 Å². The van der Waals surface area contributed by atoms with Crippen molar-refractivity contribution in [1.29, 1.82) is 0 Å². The van der Waals surface area contributed by atoms with Crippen LogP contribution in [0, 0.1) is 5.41 Å². The standard InChI is InChI=1S/C21H27ClFN3O3S/c1-6-28-11-26-12(2)17(22)20(30-26)25-19(27)18(23)13-7-8-15-14(9-13)24-16(29-15)10-21(3,4)5/h7-9,12,17-18H,6,10-11H2,1-5H3. The summed E-state index contributed by atoms with van der Waals surface area (Å²) in [6.07, 6.45) is -1.24. The summed E-state index contributed by atoms with van der Waals surface area (Å²) in [5, 5.41) is -0.115. The minimum atomic E-state index is -1.90. The first-order chi connectivity index (χ1) is 14.1. The number of aromatic nitrogens is 1. The summed E-state index contributed by atoms with van der Waals surface area (Å²) in [7, 11) is 0. The molecule has 164 valence electrons. The van der Waals surface area contributed by atoms with Crippen LogP contribution in [0.1, 0.15) is 52.2 Å². The first-order valence-corrected chi connectivity index (χ1v) is 11.1. The fraction of sp³-hybridized carbons (Fsp3) is 0.571. The molecule has 30 heavy (non-hydrogen) atoms. The molecule has 1 saturated heterocycles. The highest BCUT2D eigenvalue weighted by Crippen LogP contribution is 2.34. The van der Waals surface area contributed by atoms with Gasteiger partial charge in [-0.05, 0) is 48.9 Å². The van der Waals surface area contributed by atoms with Crippen molar-refractivity contribution in [2.24, 2.45) is 10.4 Å². The lowest BCUT2D eigenvalue weighted by Crippen LogP contribution is -2.29. The molecule has 3 unspecified atom stereocenters. The summed E-state index contributed by atoms with van der Waals surface area (Å²) in [5.41, 5.74) is 1.30. The molecular weight excluding hydrogens is 429 g/mol. The number of oxazole rings is 1. The van der Waals surface area contributed by atoms with E-state index in [1.54, 1.807) is 6.07 Å². The minimum Gasteiger partial charge on any atom is -0.441 e. The summed E-state index contributed by atoms with van der Waals surface area (Å²) in [4.78, 5) is 20.9. The number of rotatable bonds is 6. The van der Waals surface area contributed by atoms with Gasteiger partial charge in [0.1, 0.15) is 17.3 Å². The van der Waals surface area contributed by atoms with Gasteiger partial charge in [0.2, 0.25) is 6.17 Å². The first-order valence-electron chi connectivity index (χ1n) is 9.91. The normalized spacial score (nSPS) is 22.8. The third-order valence-electron chi connectivity index (χ3n) is 4.61. The van der Waals surface area contributed by atoms with Crippen LogP contribution in [0.5, 0.6) is 0 Å². The fourth-order valence-corrected chi connectivity index (χ4v) is 4.46. The highest BCUT2D eigenvalue weighted by Gasteiger charge is 2.37. The molecule has 2 heterocycles. The number of alkyl halides is 2. The van der Waals surface area contributed by atoms with Crippen molar-refractivity contribution in [3.05, 3.63) is 29.7 Å². The van der Waals surface area contributed by atoms with Crippen LogP contribution in [0.15, 0.2) is 27.6 Å². The van der Waals surface area contributed by atoms with Crippen LogP contribution >= 0.6 is 23.5 Å². The Bertz CT molecular complexity index is 943. The van der Waals surface area contributed by atoms with Gasteiger partial charge in [0.25, 0.3) is 5.91 Å². The lowest BCUT2D eigenvalue weighted by molar-refractivity contribution is -0.122. The van der Waals surface area contributed by atoms with E-state index in [2.05, 4.69) is 30.7 Å². The number of halogens is 2. The Morgan fingerprint density at radius 1 is 1.47 bits per heavy atom. The first kappa shape index (κ1) is 23.2. The Kier molecular flexibility index (Phi) is 7.22. The lowest BCUT2D eigenvalue weighted by atomic mass is 9.92. The van der Waals surface area contributed by atoms with Crippen molar-refractivity contribution in [1.82, 2.24) is 9.29 Å². The second kappa shape index (κ2) is 9.34. The van der Waals surface area contributed by atoms with E-state index in [4.69, 9.17) is 20.8 Å². The van der Waals surface area contributed by atoms with E-state index in [1.165, 1.54) is 24.1 Å². The molecule has 0 spiro atoms. The summed E-state index contributed by atoms with van der Waals surface area (Å²) < 4.78 is 27.9. The molecular formula is C21H27ClFN3O3S. The molecule has 1 aliphatic heterocycles. The van der Waals surface area contributed by atoms with Crippen LogP contribution in [0.4, 0.5) is 4.39 Å². The van der Waals surface area contributed by atoms with Crippen molar-refractivity contribution in [2.45, 2.75) is 58.6 Å². The monoisotopic (exact) mass is 455 g/mol. The van der Waals surface area contributed by atoms with E-state index in [0.717, 1.165) is 0 Å². The molecule has 0 aliphatic carbocycles. The van der Waals surface area contributed by atoms with Gasteiger partial charge in [-0.25, -0.2) is 18.7 Å². The third kappa shape index (κ3) is 5.41.